The lowest BCUT2D eigenvalue weighted by Gasteiger charge is -2.15. The maximum atomic E-state index is 8.92. The lowest BCUT2D eigenvalue weighted by atomic mass is 10.0. The van der Waals surface area contributed by atoms with E-state index in [-0.39, 0.29) is 12.6 Å². The number of aryl methyl sites for hydroxylation is 1. The van der Waals surface area contributed by atoms with E-state index in [9.17, 15) is 0 Å². The molecule has 0 aliphatic carbocycles. The zero-order chi connectivity index (χ0) is 9.84. The van der Waals surface area contributed by atoms with Gasteiger partial charge in [-0.05, 0) is 12.5 Å². The van der Waals surface area contributed by atoms with E-state index in [0.29, 0.717) is 0 Å². The van der Waals surface area contributed by atoms with Gasteiger partial charge in [-0.25, -0.2) is 0 Å². The minimum atomic E-state index is -0.366. The van der Waals surface area contributed by atoms with Gasteiger partial charge in [0.05, 0.1) is 19.8 Å². The number of methoxy groups -OCH3 is 1. The van der Waals surface area contributed by atoms with Gasteiger partial charge in [-0.2, -0.15) is 0 Å². The van der Waals surface area contributed by atoms with Gasteiger partial charge in [-0.1, -0.05) is 18.2 Å². The number of para-hydroxylation sites is 1. The van der Waals surface area contributed by atoms with Crippen molar-refractivity contribution >= 4 is 0 Å². The van der Waals surface area contributed by atoms with E-state index in [4.69, 9.17) is 15.6 Å². The molecule has 0 spiro atoms. The summed E-state index contributed by atoms with van der Waals surface area (Å²) in [7, 11) is 1.61. The second-order valence-electron chi connectivity index (χ2n) is 2.99. The summed E-state index contributed by atoms with van der Waals surface area (Å²) in [6, 6.07) is 5.36. The van der Waals surface area contributed by atoms with E-state index in [0.717, 1.165) is 16.9 Å². The van der Waals surface area contributed by atoms with Crippen LogP contribution in [0.1, 0.15) is 17.2 Å². The van der Waals surface area contributed by atoms with Crippen LogP contribution in [0.15, 0.2) is 18.2 Å². The Hall–Kier alpha value is -1.06. The fourth-order valence-electron chi connectivity index (χ4n) is 1.34. The van der Waals surface area contributed by atoms with Crippen LogP contribution < -0.4 is 10.5 Å². The van der Waals surface area contributed by atoms with Crippen LogP contribution in [0.25, 0.3) is 0 Å². The number of rotatable bonds is 3. The van der Waals surface area contributed by atoms with E-state index in [1.807, 2.05) is 25.1 Å². The van der Waals surface area contributed by atoms with Crippen LogP contribution in [0.3, 0.4) is 0 Å². The molecular weight excluding hydrogens is 166 g/mol. The molecule has 3 nitrogen and oxygen atoms in total. The van der Waals surface area contributed by atoms with Crippen molar-refractivity contribution in [1.82, 2.24) is 0 Å². The summed E-state index contributed by atoms with van der Waals surface area (Å²) < 4.78 is 5.21. The van der Waals surface area contributed by atoms with Crippen molar-refractivity contribution < 1.29 is 9.84 Å². The van der Waals surface area contributed by atoms with E-state index in [2.05, 4.69) is 0 Å². The number of benzene rings is 1. The first-order valence-corrected chi connectivity index (χ1v) is 4.20. The lowest BCUT2D eigenvalue weighted by molar-refractivity contribution is 0.264. The maximum Gasteiger partial charge on any atom is 0.126 e. The molecule has 0 heterocycles. The van der Waals surface area contributed by atoms with E-state index >= 15 is 0 Å². The molecule has 0 radical (unpaired) electrons. The maximum absolute atomic E-state index is 8.92. The quantitative estimate of drug-likeness (QED) is 0.731. The molecule has 0 fully saturated rings. The second-order valence-corrected chi connectivity index (χ2v) is 2.99. The first-order valence-electron chi connectivity index (χ1n) is 4.20. The molecule has 0 unspecified atom stereocenters. The molecule has 1 atom stereocenters. The zero-order valence-corrected chi connectivity index (χ0v) is 7.95. The van der Waals surface area contributed by atoms with Gasteiger partial charge in [0.25, 0.3) is 0 Å². The van der Waals surface area contributed by atoms with Crippen LogP contribution in [0.2, 0.25) is 0 Å². The molecule has 1 rings (SSSR count). The Balaban J connectivity index is 3.12. The molecule has 0 aromatic heterocycles. The fraction of sp³-hybridized carbons (Fsp3) is 0.400. The number of hydrogen-bond acceptors (Lipinski definition) is 3. The molecule has 0 aliphatic rings. The Labute approximate surface area is 78.1 Å². The molecular formula is C10H15NO2. The van der Waals surface area contributed by atoms with E-state index in [1.165, 1.54) is 0 Å². The van der Waals surface area contributed by atoms with E-state index < -0.39 is 0 Å². The van der Waals surface area contributed by atoms with Crippen LogP contribution >= 0.6 is 0 Å². The molecule has 3 N–H and O–H groups in total. The van der Waals surface area contributed by atoms with Crippen molar-refractivity contribution in [3.63, 3.8) is 0 Å². The van der Waals surface area contributed by atoms with Gasteiger partial charge >= 0.3 is 0 Å². The first kappa shape index (κ1) is 10.0. The van der Waals surface area contributed by atoms with Crippen LogP contribution in [0.5, 0.6) is 5.75 Å². The van der Waals surface area contributed by atoms with Gasteiger partial charge in [0.1, 0.15) is 5.75 Å². The third-order valence-corrected chi connectivity index (χ3v) is 2.04. The summed E-state index contributed by atoms with van der Waals surface area (Å²) in [6.07, 6.45) is 0. The normalized spacial score (nSPS) is 12.6. The summed E-state index contributed by atoms with van der Waals surface area (Å²) in [5, 5.41) is 8.92. The summed E-state index contributed by atoms with van der Waals surface area (Å²) >= 11 is 0. The van der Waals surface area contributed by atoms with Crippen LogP contribution in [0.4, 0.5) is 0 Å². The van der Waals surface area contributed by atoms with Crippen LogP contribution in [-0.4, -0.2) is 18.8 Å². The van der Waals surface area contributed by atoms with Crippen molar-refractivity contribution in [2.45, 2.75) is 13.0 Å². The molecule has 0 saturated heterocycles. The zero-order valence-electron chi connectivity index (χ0n) is 7.95. The molecule has 0 aliphatic heterocycles. The average molecular weight is 181 g/mol. The fourth-order valence-corrected chi connectivity index (χ4v) is 1.34. The lowest BCUT2D eigenvalue weighted by Crippen LogP contribution is -2.15. The summed E-state index contributed by atoms with van der Waals surface area (Å²) in [5.74, 6) is 0.768. The van der Waals surface area contributed by atoms with Gasteiger partial charge in [-0.15, -0.1) is 0 Å². The summed E-state index contributed by atoms with van der Waals surface area (Å²) in [5.41, 5.74) is 7.59. The smallest absolute Gasteiger partial charge is 0.126 e. The van der Waals surface area contributed by atoms with Gasteiger partial charge in [0, 0.05) is 5.56 Å². The minimum Gasteiger partial charge on any atom is -0.496 e. The average Bonchev–Trinajstić information content (AvgIpc) is 2.16. The van der Waals surface area contributed by atoms with Crippen LogP contribution in [0, 0.1) is 6.92 Å². The Kier molecular flexibility index (Phi) is 3.28. The number of hydrogen-bond donors (Lipinski definition) is 2. The third kappa shape index (κ3) is 1.99. The van der Waals surface area contributed by atoms with Gasteiger partial charge in [-0.3, -0.25) is 0 Å². The molecule has 0 saturated carbocycles. The molecule has 1 aromatic carbocycles. The molecule has 1 aromatic rings. The molecule has 3 heteroatoms. The van der Waals surface area contributed by atoms with E-state index in [1.54, 1.807) is 7.11 Å². The highest BCUT2D eigenvalue weighted by molar-refractivity contribution is 5.42. The number of nitrogens with two attached hydrogens (primary N) is 1. The highest BCUT2D eigenvalue weighted by atomic mass is 16.5. The molecule has 0 amide bonds. The number of aliphatic hydroxyl groups excluding tert-OH is 1. The topological polar surface area (TPSA) is 55.5 Å². The standard InChI is InChI=1S/C10H15NO2/c1-7-4-3-5-8(9(11)6-12)10(7)13-2/h3-5,9,12H,6,11H2,1-2H3/t9-/m0/s1. The number of ether oxygens (including phenoxy) is 1. The molecule has 13 heavy (non-hydrogen) atoms. The molecule has 0 bridgehead atoms. The second kappa shape index (κ2) is 4.25. The van der Waals surface area contributed by atoms with Crippen LogP contribution in [-0.2, 0) is 0 Å². The number of aliphatic hydroxyl groups is 1. The monoisotopic (exact) mass is 181 g/mol. The first-order chi connectivity index (χ1) is 6.20. The van der Waals surface area contributed by atoms with Crippen molar-refractivity contribution in [2.24, 2.45) is 5.73 Å². The van der Waals surface area contributed by atoms with Gasteiger partial charge < -0.3 is 15.6 Å². The highest BCUT2D eigenvalue weighted by Gasteiger charge is 2.11. The van der Waals surface area contributed by atoms with Gasteiger partial charge in [0.15, 0.2) is 0 Å². The Morgan fingerprint density at radius 3 is 2.77 bits per heavy atom. The Morgan fingerprint density at radius 1 is 1.54 bits per heavy atom. The highest BCUT2D eigenvalue weighted by Crippen LogP contribution is 2.26. The Bertz CT molecular complexity index is 286. The van der Waals surface area contributed by atoms with Crippen molar-refractivity contribution in [1.29, 1.82) is 0 Å². The van der Waals surface area contributed by atoms with Gasteiger partial charge in [0.2, 0.25) is 0 Å². The predicted octanol–water partition coefficient (Wildman–Crippen LogP) is 0.996. The largest absolute Gasteiger partial charge is 0.496 e. The SMILES string of the molecule is COc1c(C)cccc1[C@@H](N)CO. The third-order valence-electron chi connectivity index (χ3n) is 2.04. The minimum absolute atomic E-state index is 0.0696. The summed E-state index contributed by atoms with van der Waals surface area (Å²) in [4.78, 5) is 0. The van der Waals surface area contributed by atoms with Crippen molar-refractivity contribution in [2.75, 3.05) is 13.7 Å². The van der Waals surface area contributed by atoms with Crippen molar-refractivity contribution in [3.05, 3.63) is 29.3 Å². The molecule has 72 valence electrons. The predicted molar refractivity (Wildman–Crippen MR) is 51.7 cm³/mol. The van der Waals surface area contributed by atoms with Crippen molar-refractivity contribution in [3.8, 4) is 5.75 Å². The summed E-state index contributed by atoms with van der Waals surface area (Å²) in [6.45, 7) is 1.88. The Morgan fingerprint density at radius 2 is 2.23 bits per heavy atom.